The molecule has 0 aromatic heterocycles. The molecule has 2 atom stereocenters. The van der Waals surface area contributed by atoms with Crippen LogP contribution in [0.5, 0.6) is 0 Å². The zero-order chi connectivity index (χ0) is 12.7. The summed E-state index contributed by atoms with van der Waals surface area (Å²) in [5.41, 5.74) is 0. The van der Waals surface area contributed by atoms with Crippen molar-refractivity contribution in [3.63, 3.8) is 0 Å². The van der Waals surface area contributed by atoms with E-state index in [-0.39, 0.29) is 12.0 Å². The third-order valence-corrected chi connectivity index (χ3v) is 6.43. The minimum atomic E-state index is -2.69. The van der Waals surface area contributed by atoms with Gasteiger partial charge in [0.25, 0.3) is 0 Å². The second-order valence-corrected chi connectivity index (χ2v) is 7.84. The highest BCUT2D eigenvalue weighted by molar-refractivity contribution is 7.59. The van der Waals surface area contributed by atoms with Gasteiger partial charge in [0.1, 0.15) is 0 Å². The molecule has 1 aliphatic carbocycles. The lowest BCUT2D eigenvalue weighted by Crippen LogP contribution is -2.20. The number of halogens is 1. The number of alkyl halides is 1. The molecular weight excluding hydrogens is 259 g/mol. The monoisotopic (exact) mass is 282 g/mol. The first-order valence-electron chi connectivity index (χ1n) is 6.56. The summed E-state index contributed by atoms with van der Waals surface area (Å²) in [7, 11) is -2.69. The van der Waals surface area contributed by atoms with E-state index in [4.69, 9.17) is 16.1 Å². The Hall–Kier alpha value is 0.440. The number of rotatable bonds is 7. The maximum Gasteiger partial charge on any atom is 0.206 e. The predicted octanol–water partition coefficient (Wildman–Crippen LogP) is 3.48. The SMILES string of the molecule is CCOP(=O)(CC1CCCCC1)C[C@@H](O)CCl. The molecule has 1 saturated carbocycles. The van der Waals surface area contributed by atoms with Crippen LogP contribution in [0, 0.1) is 5.92 Å². The molecule has 1 fully saturated rings. The zero-order valence-corrected chi connectivity index (χ0v) is 12.3. The van der Waals surface area contributed by atoms with Crippen molar-refractivity contribution in [2.45, 2.75) is 45.1 Å². The molecule has 5 heteroatoms. The summed E-state index contributed by atoms with van der Waals surface area (Å²) in [6.45, 7) is 2.29. The Kier molecular flexibility index (Phi) is 7.10. The Morgan fingerprint density at radius 2 is 2.06 bits per heavy atom. The van der Waals surface area contributed by atoms with Crippen LogP contribution in [0.3, 0.4) is 0 Å². The fourth-order valence-electron chi connectivity index (χ4n) is 2.55. The summed E-state index contributed by atoms with van der Waals surface area (Å²) >= 11 is 5.57. The standard InChI is InChI=1S/C12H24ClO3P/c1-2-16-17(15,10-12(14)8-13)9-11-6-4-3-5-7-11/h11-12,14H,2-10H2,1H3/t12-,17?/m0/s1. The Morgan fingerprint density at radius 3 is 2.59 bits per heavy atom. The molecule has 3 nitrogen and oxygen atoms in total. The highest BCUT2D eigenvalue weighted by Crippen LogP contribution is 2.51. The van der Waals surface area contributed by atoms with Crippen molar-refractivity contribution >= 4 is 19.0 Å². The van der Waals surface area contributed by atoms with Crippen LogP contribution in [0.1, 0.15) is 39.0 Å². The number of hydrogen-bond donors (Lipinski definition) is 1. The van der Waals surface area contributed by atoms with Crippen molar-refractivity contribution < 1.29 is 14.2 Å². The van der Waals surface area contributed by atoms with Gasteiger partial charge < -0.3 is 9.63 Å². The minimum absolute atomic E-state index is 0.127. The smallest absolute Gasteiger partial charge is 0.206 e. The fraction of sp³-hybridized carbons (Fsp3) is 1.00. The van der Waals surface area contributed by atoms with Gasteiger partial charge in [-0.25, -0.2) is 0 Å². The third-order valence-electron chi connectivity index (χ3n) is 3.29. The summed E-state index contributed by atoms with van der Waals surface area (Å²) in [4.78, 5) is 0. The lowest BCUT2D eigenvalue weighted by Gasteiger charge is -2.27. The van der Waals surface area contributed by atoms with Crippen LogP contribution in [-0.2, 0) is 9.09 Å². The molecule has 17 heavy (non-hydrogen) atoms. The molecule has 0 radical (unpaired) electrons. The van der Waals surface area contributed by atoms with Crippen molar-refractivity contribution in [3.05, 3.63) is 0 Å². The molecule has 1 N–H and O–H groups in total. The largest absolute Gasteiger partial charge is 0.391 e. The average Bonchev–Trinajstić information content (AvgIpc) is 2.30. The normalized spacial score (nSPS) is 23.2. The average molecular weight is 283 g/mol. The van der Waals surface area contributed by atoms with Crippen molar-refractivity contribution in [2.24, 2.45) is 5.92 Å². The molecule has 0 spiro atoms. The second-order valence-electron chi connectivity index (χ2n) is 4.91. The van der Waals surface area contributed by atoms with E-state index >= 15 is 0 Å². The van der Waals surface area contributed by atoms with Gasteiger partial charge in [-0.1, -0.05) is 19.3 Å². The van der Waals surface area contributed by atoms with Crippen LogP contribution in [-0.4, -0.2) is 36.0 Å². The molecule has 0 aromatic carbocycles. The van der Waals surface area contributed by atoms with Gasteiger partial charge in [-0.05, 0) is 25.7 Å². The van der Waals surface area contributed by atoms with E-state index in [2.05, 4.69) is 0 Å². The molecule has 0 saturated heterocycles. The molecule has 1 unspecified atom stereocenters. The fourth-order valence-corrected chi connectivity index (χ4v) is 5.56. The van der Waals surface area contributed by atoms with Gasteiger partial charge in [-0.15, -0.1) is 11.6 Å². The van der Waals surface area contributed by atoms with E-state index in [1.807, 2.05) is 6.92 Å². The molecule has 102 valence electrons. The van der Waals surface area contributed by atoms with Crippen LogP contribution in [0.15, 0.2) is 0 Å². The van der Waals surface area contributed by atoms with Gasteiger partial charge in [0.05, 0.1) is 18.9 Å². The van der Waals surface area contributed by atoms with Crippen LogP contribution in [0.25, 0.3) is 0 Å². The Balaban J connectivity index is 2.53. The predicted molar refractivity (Wildman–Crippen MR) is 72.3 cm³/mol. The number of hydrogen-bond acceptors (Lipinski definition) is 3. The maximum absolute atomic E-state index is 12.6. The van der Waals surface area contributed by atoms with Crippen molar-refractivity contribution in [3.8, 4) is 0 Å². The Morgan fingerprint density at radius 1 is 1.41 bits per heavy atom. The van der Waals surface area contributed by atoms with Gasteiger partial charge in [0.2, 0.25) is 7.37 Å². The molecular formula is C12H24ClO3P. The molecule has 0 heterocycles. The summed E-state index contributed by atoms with van der Waals surface area (Å²) in [5.74, 6) is 0.630. The van der Waals surface area contributed by atoms with Crippen molar-refractivity contribution in [1.29, 1.82) is 0 Å². The van der Waals surface area contributed by atoms with E-state index in [1.165, 1.54) is 19.3 Å². The van der Waals surface area contributed by atoms with Crippen molar-refractivity contribution in [2.75, 3.05) is 24.8 Å². The van der Waals surface area contributed by atoms with Gasteiger partial charge in [0.15, 0.2) is 0 Å². The summed E-state index contributed by atoms with van der Waals surface area (Å²) < 4.78 is 18.1. The van der Waals surface area contributed by atoms with E-state index in [0.29, 0.717) is 18.7 Å². The molecule has 0 amide bonds. The summed E-state index contributed by atoms with van der Waals surface area (Å²) in [6, 6.07) is 0. The molecule has 1 rings (SSSR count). The van der Waals surface area contributed by atoms with Gasteiger partial charge in [0, 0.05) is 12.0 Å². The van der Waals surface area contributed by atoms with E-state index in [0.717, 1.165) is 12.8 Å². The number of aliphatic hydroxyl groups excluding tert-OH is 1. The van der Waals surface area contributed by atoms with Gasteiger partial charge in [-0.3, -0.25) is 4.57 Å². The first kappa shape index (κ1) is 15.5. The van der Waals surface area contributed by atoms with Crippen LogP contribution in [0.2, 0.25) is 0 Å². The Labute approximate surface area is 109 Å². The lowest BCUT2D eigenvalue weighted by atomic mass is 9.91. The molecule has 0 aromatic rings. The lowest BCUT2D eigenvalue weighted by molar-refractivity contribution is 0.212. The molecule has 0 bridgehead atoms. The molecule has 1 aliphatic rings. The first-order valence-corrected chi connectivity index (χ1v) is 9.09. The number of aliphatic hydroxyl groups is 1. The van der Waals surface area contributed by atoms with E-state index < -0.39 is 13.5 Å². The summed E-state index contributed by atoms with van der Waals surface area (Å²) in [6.07, 6.45) is 6.17. The topological polar surface area (TPSA) is 46.5 Å². The van der Waals surface area contributed by atoms with E-state index in [1.54, 1.807) is 0 Å². The van der Waals surface area contributed by atoms with Crippen LogP contribution in [0.4, 0.5) is 0 Å². The highest BCUT2D eigenvalue weighted by Gasteiger charge is 2.30. The van der Waals surface area contributed by atoms with Crippen molar-refractivity contribution in [1.82, 2.24) is 0 Å². The van der Waals surface area contributed by atoms with Gasteiger partial charge >= 0.3 is 0 Å². The van der Waals surface area contributed by atoms with Crippen LogP contribution >= 0.6 is 19.0 Å². The minimum Gasteiger partial charge on any atom is -0.391 e. The van der Waals surface area contributed by atoms with Crippen LogP contribution < -0.4 is 0 Å². The first-order chi connectivity index (χ1) is 8.09. The summed E-state index contributed by atoms with van der Waals surface area (Å²) in [5, 5.41) is 9.57. The van der Waals surface area contributed by atoms with Gasteiger partial charge in [-0.2, -0.15) is 0 Å². The molecule has 0 aliphatic heterocycles. The highest BCUT2D eigenvalue weighted by atomic mass is 35.5. The quantitative estimate of drug-likeness (QED) is 0.574. The van der Waals surface area contributed by atoms with E-state index in [9.17, 15) is 9.67 Å². The second kappa shape index (κ2) is 7.78. The Bertz CT molecular complexity index is 254. The zero-order valence-electron chi connectivity index (χ0n) is 10.6. The third kappa shape index (κ3) is 5.74. The maximum atomic E-state index is 12.6.